The van der Waals surface area contributed by atoms with Gasteiger partial charge in [-0.2, -0.15) is 12.0 Å². The summed E-state index contributed by atoms with van der Waals surface area (Å²) in [5, 5.41) is 0. The molecule has 0 saturated carbocycles. The van der Waals surface area contributed by atoms with Gasteiger partial charge < -0.3 is 2.85 Å². The average Bonchev–Trinajstić information content (AvgIpc) is 1.78. The van der Waals surface area contributed by atoms with Crippen LogP contribution in [0.3, 0.4) is 0 Å². The van der Waals surface area contributed by atoms with E-state index in [2.05, 4.69) is 3.63 Å². The Morgan fingerprint density at radius 3 is 2.42 bits per heavy atom. The number of hydrogen-bond donors (Lipinski definition) is 1. The van der Waals surface area contributed by atoms with E-state index in [1.807, 2.05) is 13.8 Å². The van der Waals surface area contributed by atoms with Gasteiger partial charge in [-0.05, 0) is 12.3 Å². The summed E-state index contributed by atoms with van der Waals surface area (Å²) in [5.41, 5.74) is 0. The van der Waals surface area contributed by atoms with Crippen LogP contribution in [0.4, 0.5) is 0 Å². The minimum absolute atomic E-state index is 0. The maximum Gasteiger partial charge on any atom is 2.00 e. The van der Waals surface area contributed by atoms with Crippen LogP contribution in [0.5, 0.6) is 0 Å². The van der Waals surface area contributed by atoms with Crippen LogP contribution >= 0.6 is 12.0 Å². The summed E-state index contributed by atoms with van der Waals surface area (Å²) in [7, 11) is -4.26. The zero-order valence-corrected chi connectivity index (χ0v) is 13.3. The maximum absolute atomic E-state index is 9.99. The fraction of sp³-hybridized carbons (Fsp3) is 1.00. The van der Waals surface area contributed by atoms with Crippen molar-refractivity contribution in [2.45, 2.75) is 20.3 Å². The van der Waals surface area contributed by atoms with Gasteiger partial charge in [-0.3, -0.25) is 4.55 Å². The molecule has 0 fully saturated rings. The molecule has 0 bridgehead atoms. The molecule has 0 aliphatic heterocycles. The van der Waals surface area contributed by atoms with Crippen molar-refractivity contribution >= 4 is 71.3 Å². The molecular formula is C5H14BaO4S2. The normalized spacial score (nSPS) is 11.3. The van der Waals surface area contributed by atoms with E-state index >= 15 is 0 Å². The Hall–Kier alpha value is 1.79. The molecule has 7 heteroatoms. The van der Waals surface area contributed by atoms with E-state index in [1.54, 1.807) is 0 Å². The minimum atomic E-state index is -4.26. The van der Waals surface area contributed by atoms with Gasteiger partial charge in [0.05, 0.1) is 0 Å². The predicted octanol–water partition coefficient (Wildman–Crippen LogP) is 1.34. The average molecular weight is 340 g/mol. The second-order valence-corrected chi connectivity index (χ2v) is 4.54. The number of hydrogen-bond acceptors (Lipinski definition) is 4. The van der Waals surface area contributed by atoms with E-state index in [-0.39, 0.29) is 51.7 Å². The molecule has 0 unspecified atom stereocenters. The maximum atomic E-state index is 9.99. The second-order valence-electron chi connectivity index (χ2n) is 2.50. The Morgan fingerprint density at radius 2 is 2.08 bits per heavy atom. The molecule has 0 aromatic heterocycles. The molecule has 0 aliphatic rings. The summed E-state index contributed by atoms with van der Waals surface area (Å²) in [5.74, 6) is 1.07. The Balaban J connectivity index is -0.000000167. The van der Waals surface area contributed by atoms with E-state index in [0.29, 0.717) is 11.7 Å². The fourth-order valence-electron chi connectivity index (χ4n) is 0.379. The summed E-state index contributed by atoms with van der Waals surface area (Å²) < 4.78 is 32.1. The molecule has 0 saturated heterocycles. The van der Waals surface area contributed by atoms with Gasteiger partial charge >= 0.3 is 59.3 Å². The molecular weight excluding hydrogens is 326 g/mol. The van der Waals surface area contributed by atoms with Gasteiger partial charge in [-0.1, -0.05) is 13.8 Å². The molecule has 4 nitrogen and oxygen atoms in total. The van der Waals surface area contributed by atoms with Crippen molar-refractivity contribution in [1.29, 1.82) is 0 Å². The Kier molecular flexibility index (Phi) is 11.0. The van der Waals surface area contributed by atoms with E-state index in [9.17, 15) is 8.42 Å². The van der Waals surface area contributed by atoms with Crippen LogP contribution in [-0.2, 0) is 14.0 Å². The zero-order chi connectivity index (χ0) is 8.91. The summed E-state index contributed by atoms with van der Waals surface area (Å²) in [4.78, 5) is 0. The minimum Gasteiger partial charge on any atom is -1.00 e. The van der Waals surface area contributed by atoms with E-state index < -0.39 is 10.4 Å². The van der Waals surface area contributed by atoms with Crippen molar-refractivity contribution in [2.24, 2.45) is 5.92 Å². The van der Waals surface area contributed by atoms with Crippen LogP contribution in [0.15, 0.2) is 0 Å². The Bertz CT molecular complexity index is 198. The SMILES string of the molecule is CC(C)CCSOS(=O)(=O)O.[Ba+2].[H-].[H-]. The molecule has 0 aromatic carbocycles. The van der Waals surface area contributed by atoms with Gasteiger partial charge in [0, 0.05) is 17.8 Å². The fourth-order valence-corrected chi connectivity index (χ4v) is 1.70. The molecule has 0 spiro atoms. The van der Waals surface area contributed by atoms with Crippen molar-refractivity contribution in [3.05, 3.63) is 0 Å². The van der Waals surface area contributed by atoms with Gasteiger partial charge in [-0.25, -0.2) is 0 Å². The molecule has 0 rings (SSSR count). The topological polar surface area (TPSA) is 63.6 Å². The van der Waals surface area contributed by atoms with Crippen LogP contribution in [-0.4, -0.2) is 67.6 Å². The third kappa shape index (κ3) is 14.3. The molecule has 0 aliphatic carbocycles. The van der Waals surface area contributed by atoms with Crippen LogP contribution in [0, 0.1) is 5.92 Å². The first-order valence-electron chi connectivity index (χ1n) is 3.20. The van der Waals surface area contributed by atoms with Crippen molar-refractivity contribution in [3.63, 3.8) is 0 Å². The second kappa shape index (κ2) is 8.13. The standard InChI is InChI=1S/C5H12O4S2.Ba.2H/c1-5(2)3-4-10-9-11(6,7)8;;;/h5H,3-4H2,1-2H3,(H,6,7,8);;;/q;+2;2*-1. The molecule has 0 radical (unpaired) electrons. The van der Waals surface area contributed by atoms with Gasteiger partial charge in [0.15, 0.2) is 0 Å². The molecule has 0 heterocycles. The van der Waals surface area contributed by atoms with E-state index in [0.717, 1.165) is 18.5 Å². The number of rotatable bonds is 5. The third-order valence-electron chi connectivity index (χ3n) is 0.913. The first-order valence-corrected chi connectivity index (χ1v) is 5.48. The Morgan fingerprint density at radius 1 is 1.58 bits per heavy atom. The largest absolute Gasteiger partial charge is 2.00 e. The molecule has 0 aromatic rings. The molecule has 0 atom stereocenters. The van der Waals surface area contributed by atoms with Gasteiger partial charge in [-0.15, -0.1) is 0 Å². The third-order valence-corrected chi connectivity index (χ3v) is 2.39. The zero-order valence-electron chi connectivity index (χ0n) is 9.19. The van der Waals surface area contributed by atoms with Crippen molar-refractivity contribution in [1.82, 2.24) is 0 Å². The van der Waals surface area contributed by atoms with Crippen LogP contribution < -0.4 is 0 Å². The summed E-state index contributed by atoms with van der Waals surface area (Å²) in [6, 6.07) is 0. The van der Waals surface area contributed by atoms with Crippen molar-refractivity contribution in [2.75, 3.05) is 5.75 Å². The monoisotopic (exact) mass is 340 g/mol. The van der Waals surface area contributed by atoms with Crippen molar-refractivity contribution in [3.8, 4) is 0 Å². The van der Waals surface area contributed by atoms with Crippen LogP contribution in [0.1, 0.15) is 23.1 Å². The quantitative estimate of drug-likeness (QED) is 0.354. The van der Waals surface area contributed by atoms with Gasteiger partial charge in [0.2, 0.25) is 0 Å². The molecule has 72 valence electrons. The van der Waals surface area contributed by atoms with Gasteiger partial charge in [0.25, 0.3) is 0 Å². The molecule has 12 heavy (non-hydrogen) atoms. The summed E-state index contributed by atoms with van der Waals surface area (Å²) in [6.45, 7) is 4.04. The van der Waals surface area contributed by atoms with E-state index in [4.69, 9.17) is 4.55 Å². The summed E-state index contributed by atoms with van der Waals surface area (Å²) >= 11 is 0.751. The van der Waals surface area contributed by atoms with Crippen molar-refractivity contribution < 1.29 is 19.5 Å². The van der Waals surface area contributed by atoms with Crippen LogP contribution in [0.25, 0.3) is 0 Å². The molecule has 0 amide bonds. The van der Waals surface area contributed by atoms with E-state index in [1.165, 1.54) is 0 Å². The first-order chi connectivity index (χ1) is 4.92. The predicted molar refractivity (Wildman–Crippen MR) is 52.5 cm³/mol. The molecule has 1 N–H and O–H groups in total. The summed E-state index contributed by atoms with van der Waals surface area (Å²) in [6.07, 6.45) is 0.861. The smallest absolute Gasteiger partial charge is 1.00 e. The van der Waals surface area contributed by atoms with Crippen LogP contribution in [0.2, 0.25) is 0 Å². The Labute approximate surface area is 121 Å². The first kappa shape index (κ1) is 16.2. The van der Waals surface area contributed by atoms with Gasteiger partial charge in [0.1, 0.15) is 0 Å².